The van der Waals surface area contributed by atoms with Gasteiger partial charge in [0.1, 0.15) is 11.8 Å². The molecule has 1 aromatic carbocycles. The number of halogens is 2. The summed E-state index contributed by atoms with van der Waals surface area (Å²) < 4.78 is 7.26. The Balaban J connectivity index is 2.23. The standard InChI is InChI=1S/C11H5Br2N3O/c12-7-1-2-10(9(13)3-7)17-11-6-15-8(4-14)5-16-11/h1-3,5-6H. The van der Waals surface area contributed by atoms with Crippen molar-refractivity contribution in [2.75, 3.05) is 0 Å². The maximum Gasteiger partial charge on any atom is 0.237 e. The van der Waals surface area contributed by atoms with E-state index >= 15 is 0 Å². The average molecular weight is 355 g/mol. The molecule has 0 amide bonds. The summed E-state index contributed by atoms with van der Waals surface area (Å²) in [6.45, 7) is 0. The van der Waals surface area contributed by atoms with Gasteiger partial charge in [0.2, 0.25) is 5.88 Å². The van der Waals surface area contributed by atoms with Gasteiger partial charge in [-0.3, -0.25) is 0 Å². The topological polar surface area (TPSA) is 58.8 Å². The van der Waals surface area contributed by atoms with E-state index in [2.05, 4.69) is 41.8 Å². The van der Waals surface area contributed by atoms with E-state index in [1.807, 2.05) is 18.2 Å². The average Bonchev–Trinajstić information content (AvgIpc) is 2.34. The van der Waals surface area contributed by atoms with Gasteiger partial charge in [-0.1, -0.05) is 15.9 Å². The Bertz CT molecular complexity index is 578. The SMILES string of the molecule is N#Cc1cnc(Oc2ccc(Br)cc2Br)cn1. The van der Waals surface area contributed by atoms with E-state index < -0.39 is 0 Å². The van der Waals surface area contributed by atoms with Crippen molar-refractivity contribution in [1.29, 1.82) is 5.26 Å². The van der Waals surface area contributed by atoms with Crippen molar-refractivity contribution in [3.8, 4) is 17.7 Å². The number of rotatable bonds is 2. The third-order valence-corrected chi connectivity index (χ3v) is 2.96. The first-order valence-electron chi connectivity index (χ1n) is 4.54. The maximum absolute atomic E-state index is 8.59. The second kappa shape index (κ2) is 5.25. The Morgan fingerprint density at radius 3 is 2.59 bits per heavy atom. The van der Waals surface area contributed by atoms with Crippen LogP contribution < -0.4 is 4.74 Å². The number of nitriles is 1. The van der Waals surface area contributed by atoms with Gasteiger partial charge in [0.25, 0.3) is 0 Å². The minimum Gasteiger partial charge on any atom is -0.436 e. The molecule has 84 valence electrons. The molecule has 0 aliphatic heterocycles. The van der Waals surface area contributed by atoms with Crippen LogP contribution in [0.5, 0.6) is 11.6 Å². The summed E-state index contributed by atoms with van der Waals surface area (Å²) in [6, 6.07) is 7.42. The van der Waals surface area contributed by atoms with E-state index in [0.717, 1.165) is 8.95 Å². The number of nitrogens with zero attached hydrogens (tertiary/aromatic N) is 3. The molecule has 0 fully saturated rings. The molecule has 0 saturated heterocycles. The third kappa shape index (κ3) is 3.02. The molecule has 0 aliphatic rings. The fourth-order valence-electron chi connectivity index (χ4n) is 1.10. The van der Waals surface area contributed by atoms with Gasteiger partial charge in [-0.15, -0.1) is 0 Å². The number of hydrogen-bond acceptors (Lipinski definition) is 4. The molecule has 0 aliphatic carbocycles. The van der Waals surface area contributed by atoms with Crippen LogP contribution in [0.3, 0.4) is 0 Å². The van der Waals surface area contributed by atoms with Crippen molar-refractivity contribution in [3.05, 3.63) is 45.2 Å². The van der Waals surface area contributed by atoms with Crippen LogP contribution in [-0.2, 0) is 0 Å². The Hall–Kier alpha value is -1.45. The van der Waals surface area contributed by atoms with Gasteiger partial charge in [0.05, 0.1) is 16.9 Å². The smallest absolute Gasteiger partial charge is 0.237 e. The van der Waals surface area contributed by atoms with Gasteiger partial charge in [-0.05, 0) is 34.1 Å². The van der Waals surface area contributed by atoms with Crippen molar-refractivity contribution in [2.24, 2.45) is 0 Å². The summed E-state index contributed by atoms with van der Waals surface area (Å²) in [7, 11) is 0. The summed E-state index contributed by atoms with van der Waals surface area (Å²) in [5.74, 6) is 0.972. The zero-order valence-electron chi connectivity index (χ0n) is 8.39. The lowest BCUT2D eigenvalue weighted by molar-refractivity contribution is 0.457. The monoisotopic (exact) mass is 353 g/mol. The molecule has 6 heteroatoms. The molecule has 17 heavy (non-hydrogen) atoms. The van der Waals surface area contributed by atoms with Crippen LogP contribution in [0.2, 0.25) is 0 Å². The molecule has 4 nitrogen and oxygen atoms in total. The fraction of sp³-hybridized carbons (Fsp3) is 0. The second-order valence-electron chi connectivity index (χ2n) is 3.03. The van der Waals surface area contributed by atoms with Crippen molar-refractivity contribution in [1.82, 2.24) is 9.97 Å². The van der Waals surface area contributed by atoms with Gasteiger partial charge < -0.3 is 4.74 Å². The number of benzene rings is 1. The van der Waals surface area contributed by atoms with Gasteiger partial charge in [0, 0.05) is 4.47 Å². The predicted octanol–water partition coefficient (Wildman–Crippen LogP) is 3.67. The Kier molecular flexibility index (Phi) is 3.71. The molecule has 0 atom stereocenters. The molecule has 1 aromatic heterocycles. The molecule has 0 unspecified atom stereocenters. The lowest BCUT2D eigenvalue weighted by Gasteiger charge is -2.06. The van der Waals surface area contributed by atoms with Crippen LogP contribution in [0.1, 0.15) is 5.69 Å². The Labute approximate surface area is 115 Å². The van der Waals surface area contributed by atoms with Crippen LogP contribution in [-0.4, -0.2) is 9.97 Å². The highest BCUT2D eigenvalue weighted by molar-refractivity contribution is 9.11. The number of aromatic nitrogens is 2. The molecular weight excluding hydrogens is 350 g/mol. The van der Waals surface area contributed by atoms with Crippen LogP contribution >= 0.6 is 31.9 Å². The molecule has 0 saturated carbocycles. The van der Waals surface area contributed by atoms with Crippen molar-refractivity contribution in [3.63, 3.8) is 0 Å². The molecule has 0 spiro atoms. The van der Waals surface area contributed by atoms with Crippen LogP contribution in [0.15, 0.2) is 39.5 Å². The highest BCUT2D eigenvalue weighted by Gasteiger charge is 2.04. The zero-order chi connectivity index (χ0) is 12.3. The summed E-state index contributed by atoms with van der Waals surface area (Å²) in [5, 5.41) is 8.59. The number of ether oxygens (including phenoxy) is 1. The Morgan fingerprint density at radius 2 is 2.00 bits per heavy atom. The van der Waals surface area contributed by atoms with E-state index in [9.17, 15) is 0 Å². The Morgan fingerprint density at radius 1 is 1.18 bits per heavy atom. The van der Waals surface area contributed by atoms with Crippen LogP contribution in [0.25, 0.3) is 0 Å². The van der Waals surface area contributed by atoms with Crippen LogP contribution in [0.4, 0.5) is 0 Å². The highest BCUT2D eigenvalue weighted by Crippen LogP contribution is 2.30. The molecule has 1 heterocycles. The molecule has 0 radical (unpaired) electrons. The quantitative estimate of drug-likeness (QED) is 0.825. The van der Waals surface area contributed by atoms with Crippen LogP contribution in [0, 0.1) is 11.3 Å². The van der Waals surface area contributed by atoms with E-state index in [-0.39, 0.29) is 5.69 Å². The molecule has 2 rings (SSSR count). The molecule has 0 bridgehead atoms. The number of hydrogen-bond donors (Lipinski definition) is 0. The summed E-state index contributed by atoms with van der Waals surface area (Å²) in [5.41, 5.74) is 0.257. The first kappa shape index (κ1) is 12.0. The normalized spacial score (nSPS) is 9.71. The minimum atomic E-state index is 0.257. The molecule has 0 N–H and O–H groups in total. The van der Waals surface area contributed by atoms with Gasteiger partial charge >= 0.3 is 0 Å². The van der Waals surface area contributed by atoms with Gasteiger partial charge in [0.15, 0.2) is 5.69 Å². The first-order valence-corrected chi connectivity index (χ1v) is 6.12. The van der Waals surface area contributed by atoms with E-state index in [1.54, 1.807) is 6.07 Å². The van der Waals surface area contributed by atoms with Crippen molar-refractivity contribution < 1.29 is 4.74 Å². The maximum atomic E-state index is 8.59. The minimum absolute atomic E-state index is 0.257. The van der Waals surface area contributed by atoms with Gasteiger partial charge in [-0.2, -0.15) is 5.26 Å². The van der Waals surface area contributed by atoms with E-state index in [4.69, 9.17) is 10.00 Å². The lowest BCUT2D eigenvalue weighted by atomic mass is 10.3. The third-order valence-electron chi connectivity index (χ3n) is 1.85. The predicted molar refractivity (Wildman–Crippen MR) is 68.7 cm³/mol. The highest BCUT2D eigenvalue weighted by atomic mass is 79.9. The second-order valence-corrected chi connectivity index (χ2v) is 4.80. The largest absolute Gasteiger partial charge is 0.436 e. The van der Waals surface area contributed by atoms with E-state index in [1.165, 1.54) is 12.4 Å². The van der Waals surface area contributed by atoms with Crippen molar-refractivity contribution in [2.45, 2.75) is 0 Å². The summed E-state index contributed by atoms with van der Waals surface area (Å²) in [6.07, 6.45) is 2.77. The van der Waals surface area contributed by atoms with Gasteiger partial charge in [-0.25, -0.2) is 9.97 Å². The zero-order valence-corrected chi connectivity index (χ0v) is 11.6. The summed E-state index contributed by atoms with van der Waals surface area (Å²) in [4.78, 5) is 7.84. The summed E-state index contributed by atoms with van der Waals surface area (Å²) >= 11 is 6.73. The molecular formula is C11H5Br2N3O. The van der Waals surface area contributed by atoms with Crippen molar-refractivity contribution >= 4 is 31.9 Å². The fourth-order valence-corrected chi connectivity index (χ4v) is 2.23. The van der Waals surface area contributed by atoms with E-state index in [0.29, 0.717) is 11.6 Å². The lowest BCUT2D eigenvalue weighted by Crippen LogP contribution is -1.91. The first-order chi connectivity index (χ1) is 8.19. The molecule has 2 aromatic rings.